The van der Waals surface area contributed by atoms with Crippen LogP contribution in [0, 0.1) is 17.8 Å². The molecule has 0 heterocycles. The Morgan fingerprint density at radius 1 is 1.50 bits per heavy atom. The number of aliphatic hydroxyl groups excluding tert-OH is 1. The second kappa shape index (κ2) is 6.15. The maximum atomic E-state index is 12.2. The Hall–Kier alpha value is -1.06. The molecule has 1 atom stereocenters. The second-order valence-corrected chi connectivity index (χ2v) is 6.94. The summed E-state index contributed by atoms with van der Waals surface area (Å²) in [7, 11) is -3.61. The number of benzene rings is 1. The van der Waals surface area contributed by atoms with Gasteiger partial charge in [0.05, 0.1) is 5.02 Å². The van der Waals surface area contributed by atoms with Gasteiger partial charge >= 0.3 is 0 Å². The van der Waals surface area contributed by atoms with E-state index in [1.807, 2.05) is 6.92 Å². The van der Waals surface area contributed by atoms with E-state index in [1.54, 1.807) is 6.07 Å². The molecule has 6 heteroatoms. The smallest absolute Gasteiger partial charge is 0.242 e. The number of hydrogen-bond acceptors (Lipinski definition) is 3. The van der Waals surface area contributed by atoms with Crippen LogP contribution in [0.4, 0.5) is 0 Å². The fourth-order valence-electron chi connectivity index (χ4n) is 1.94. The first-order valence-electron chi connectivity index (χ1n) is 6.35. The summed E-state index contributed by atoms with van der Waals surface area (Å²) in [6, 6.07) is 4.42. The molecule has 1 unspecified atom stereocenters. The Morgan fingerprint density at radius 2 is 2.20 bits per heavy atom. The van der Waals surface area contributed by atoms with Gasteiger partial charge in [-0.2, -0.15) is 0 Å². The van der Waals surface area contributed by atoms with Crippen LogP contribution in [0.15, 0.2) is 23.1 Å². The number of sulfonamides is 1. The van der Waals surface area contributed by atoms with Crippen LogP contribution in [0.3, 0.4) is 0 Å². The molecule has 0 bridgehead atoms. The third-order valence-electron chi connectivity index (χ3n) is 3.20. The molecule has 1 aliphatic rings. The van der Waals surface area contributed by atoms with Crippen molar-refractivity contribution in [2.45, 2.75) is 30.7 Å². The highest BCUT2D eigenvalue weighted by molar-refractivity contribution is 7.89. The minimum Gasteiger partial charge on any atom is -0.384 e. The van der Waals surface area contributed by atoms with Crippen LogP contribution < -0.4 is 4.72 Å². The third kappa shape index (κ3) is 3.74. The van der Waals surface area contributed by atoms with E-state index in [9.17, 15) is 8.42 Å². The van der Waals surface area contributed by atoms with Gasteiger partial charge in [0, 0.05) is 11.6 Å². The molecular weight excluding hydrogens is 298 g/mol. The van der Waals surface area contributed by atoms with Crippen LogP contribution in [0.25, 0.3) is 0 Å². The van der Waals surface area contributed by atoms with Crippen LogP contribution in [-0.4, -0.2) is 26.2 Å². The van der Waals surface area contributed by atoms with Crippen molar-refractivity contribution >= 4 is 21.6 Å². The Labute approximate surface area is 124 Å². The van der Waals surface area contributed by atoms with Gasteiger partial charge in [-0.3, -0.25) is 0 Å². The normalized spacial score (nSPS) is 16.4. The van der Waals surface area contributed by atoms with Gasteiger partial charge in [-0.05, 0) is 43.9 Å². The molecule has 1 saturated carbocycles. The quantitative estimate of drug-likeness (QED) is 0.832. The summed E-state index contributed by atoms with van der Waals surface area (Å²) in [6.07, 6.45) is 2.13. The number of hydrogen-bond donors (Lipinski definition) is 2. The molecule has 0 spiro atoms. The lowest BCUT2D eigenvalue weighted by molar-refractivity contribution is 0.350. The molecule has 0 aromatic heterocycles. The molecule has 1 fully saturated rings. The van der Waals surface area contributed by atoms with Crippen LogP contribution >= 0.6 is 11.6 Å². The first-order valence-corrected chi connectivity index (χ1v) is 8.22. The average Bonchev–Trinajstić information content (AvgIpc) is 3.19. The summed E-state index contributed by atoms with van der Waals surface area (Å²) in [4.78, 5) is 0.0567. The fraction of sp³-hybridized carbons (Fsp3) is 0.429. The van der Waals surface area contributed by atoms with E-state index >= 15 is 0 Å². The van der Waals surface area contributed by atoms with E-state index in [0.29, 0.717) is 11.5 Å². The standard InChI is InChI=1S/C14H16ClNO3S/c1-10(12-5-6-12)16-20(18,19)14-7-4-11(3-2-8-17)9-13(14)15/h4,7,9-10,12,16-17H,5-6,8H2,1H3. The van der Waals surface area contributed by atoms with Crippen LogP contribution in [0.5, 0.6) is 0 Å². The fourth-order valence-corrected chi connectivity index (χ4v) is 3.80. The van der Waals surface area contributed by atoms with E-state index in [-0.39, 0.29) is 22.6 Å². The zero-order valence-electron chi connectivity index (χ0n) is 11.1. The van der Waals surface area contributed by atoms with Crippen molar-refractivity contribution in [1.82, 2.24) is 4.72 Å². The summed E-state index contributed by atoms with van der Waals surface area (Å²) in [5, 5.41) is 8.76. The predicted molar refractivity (Wildman–Crippen MR) is 77.9 cm³/mol. The zero-order chi connectivity index (χ0) is 14.8. The van der Waals surface area contributed by atoms with Gasteiger partial charge in [0.15, 0.2) is 0 Å². The van der Waals surface area contributed by atoms with Crippen molar-refractivity contribution < 1.29 is 13.5 Å². The molecule has 1 aromatic carbocycles. The summed E-state index contributed by atoms with van der Waals surface area (Å²) in [5.74, 6) is 5.60. The largest absolute Gasteiger partial charge is 0.384 e. The summed E-state index contributed by atoms with van der Waals surface area (Å²) >= 11 is 6.02. The SMILES string of the molecule is CC(NS(=O)(=O)c1ccc(C#CCO)cc1Cl)C1CC1. The summed E-state index contributed by atoms with van der Waals surface area (Å²) < 4.78 is 27.1. The minimum atomic E-state index is -3.61. The van der Waals surface area contributed by atoms with Gasteiger partial charge in [-0.15, -0.1) is 0 Å². The minimum absolute atomic E-state index is 0.0567. The van der Waals surface area contributed by atoms with Gasteiger partial charge < -0.3 is 5.11 Å². The average molecular weight is 314 g/mol. The number of aliphatic hydroxyl groups is 1. The lowest BCUT2D eigenvalue weighted by Gasteiger charge is -2.14. The summed E-state index contributed by atoms with van der Waals surface area (Å²) in [5.41, 5.74) is 0.568. The highest BCUT2D eigenvalue weighted by Crippen LogP contribution is 2.33. The predicted octanol–water partition coefficient (Wildman–Crippen LogP) is 1.76. The molecule has 2 N–H and O–H groups in total. The summed E-state index contributed by atoms with van der Waals surface area (Å²) in [6.45, 7) is 1.61. The van der Waals surface area contributed by atoms with Crippen LogP contribution in [-0.2, 0) is 10.0 Å². The lowest BCUT2D eigenvalue weighted by atomic mass is 10.2. The number of halogens is 1. The van der Waals surface area contributed by atoms with Crippen molar-refractivity contribution in [3.63, 3.8) is 0 Å². The van der Waals surface area contributed by atoms with Crippen molar-refractivity contribution in [2.24, 2.45) is 5.92 Å². The van der Waals surface area contributed by atoms with Crippen molar-refractivity contribution in [3.8, 4) is 11.8 Å². The Morgan fingerprint density at radius 3 is 2.75 bits per heavy atom. The van der Waals surface area contributed by atoms with Gasteiger partial charge in [0.25, 0.3) is 0 Å². The molecule has 1 aromatic rings. The molecule has 0 saturated heterocycles. The van der Waals surface area contributed by atoms with Crippen molar-refractivity contribution in [2.75, 3.05) is 6.61 Å². The van der Waals surface area contributed by atoms with Crippen LogP contribution in [0.1, 0.15) is 25.3 Å². The molecule has 0 aliphatic heterocycles. The Balaban J connectivity index is 2.22. The maximum Gasteiger partial charge on any atom is 0.242 e. The molecule has 0 amide bonds. The topological polar surface area (TPSA) is 66.4 Å². The highest BCUT2D eigenvalue weighted by atomic mass is 35.5. The first kappa shape index (κ1) is 15.3. The van der Waals surface area contributed by atoms with Gasteiger partial charge in [-0.1, -0.05) is 23.4 Å². The van der Waals surface area contributed by atoms with E-state index < -0.39 is 10.0 Å². The molecule has 108 valence electrons. The molecule has 2 rings (SSSR count). The van der Waals surface area contributed by atoms with Gasteiger partial charge in [0.1, 0.15) is 11.5 Å². The van der Waals surface area contributed by atoms with E-state index in [0.717, 1.165) is 12.8 Å². The van der Waals surface area contributed by atoms with Crippen molar-refractivity contribution in [3.05, 3.63) is 28.8 Å². The third-order valence-corrected chi connectivity index (χ3v) is 5.25. The van der Waals surface area contributed by atoms with E-state index in [4.69, 9.17) is 16.7 Å². The van der Waals surface area contributed by atoms with Gasteiger partial charge in [-0.25, -0.2) is 13.1 Å². The molecule has 4 nitrogen and oxygen atoms in total. The Bertz CT molecular complexity index is 657. The number of nitrogens with one attached hydrogen (secondary N) is 1. The van der Waals surface area contributed by atoms with Crippen molar-refractivity contribution in [1.29, 1.82) is 0 Å². The highest BCUT2D eigenvalue weighted by Gasteiger charge is 2.31. The maximum absolute atomic E-state index is 12.2. The molecule has 0 radical (unpaired) electrons. The number of rotatable bonds is 4. The Kier molecular flexibility index (Phi) is 4.71. The first-order chi connectivity index (χ1) is 9.44. The van der Waals surface area contributed by atoms with E-state index in [2.05, 4.69) is 16.6 Å². The van der Waals surface area contributed by atoms with Gasteiger partial charge in [0.2, 0.25) is 10.0 Å². The molecule has 1 aliphatic carbocycles. The second-order valence-electron chi connectivity index (χ2n) is 4.85. The molecular formula is C14H16ClNO3S. The monoisotopic (exact) mass is 313 g/mol. The van der Waals surface area contributed by atoms with Crippen LogP contribution in [0.2, 0.25) is 5.02 Å². The molecule has 20 heavy (non-hydrogen) atoms. The van der Waals surface area contributed by atoms with E-state index in [1.165, 1.54) is 12.1 Å². The zero-order valence-corrected chi connectivity index (χ0v) is 12.6. The lowest BCUT2D eigenvalue weighted by Crippen LogP contribution is -2.34.